The normalized spacial score (nSPS) is 10.6. The molecule has 0 aliphatic rings. The molecule has 0 aliphatic heterocycles. The third-order valence-electron chi connectivity index (χ3n) is 2.62. The number of anilines is 1. The van der Waals surface area contributed by atoms with E-state index in [-0.39, 0.29) is 0 Å². The second kappa shape index (κ2) is 6.29. The molecule has 18 heavy (non-hydrogen) atoms. The van der Waals surface area contributed by atoms with Crippen LogP contribution in [0.1, 0.15) is 23.2 Å². The molecule has 0 unspecified atom stereocenters. The minimum atomic E-state index is 0.863. The summed E-state index contributed by atoms with van der Waals surface area (Å²) in [7, 11) is 0. The minimum absolute atomic E-state index is 0.863. The Labute approximate surface area is 120 Å². The lowest BCUT2D eigenvalue weighted by atomic mass is 10.3. The number of hydrogen-bond acceptors (Lipinski definition) is 4. The number of rotatable bonds is 5. The maximum absolute atomic E-state index is 4.55. The number of aromatic nitrogens is 2. The summed E-state index contributed by atoms with van der Waals surface area (Å²) in [5.74, 6) is 0.948. The van der Waals surface area contributed by atoms with Crippen LogP contribution in [-0.4, -0.2) is 16.5 Å². The smallest absolute Gasteiger partial charge is 0.128 e. The highest BCUT2D eigenvalue weighted by Gasteiger charge is 2.02. The van der Waals surface area contributed by atoms with Crippen LogP contribution in [0.3, 0.4) is 0 Å². The first kappa shape index (κ1) is 13.5. The average molecular weight is 326 g/mol. The summed E-state index contributed by atoms with van der Waals surface area (Å²) < 4.78 is 1.01. The molecule has 96 valence electrons. The van der Waals surface area contributed by atoms with Gasteiger partial charge in [0.05, 0.1) is 10.7 Å². The number of thiazole rings is 1. The highest BCUT2D eigenvalue weighted by Crippen LogP contribution is 2.17. The second-order valence-electron chi connectivity index (χ2n) is 4.08. The Balaban J connectivity index is 1.88. The predicted molar refractivity (Wildman–Crippen MR) is 80.4 cm³/mol. The van der Waals surface area contributed by atoms with E-state index in [0.29, 0.717) is 0 Å². The van der Waals surface area contributed by atoms with Crippen molar-refractivity contribution < 1.29 is 0 Å². The van der Waals surface area contributed by atoms with Gasteiger partial charge in [-0.1, -0.05) is 6.92 Å². The summed E-state index contributed by atoms with van der Waals surface area (Å²) in [5.41, 5.74) is 2.32. The van der Waals surface area contributed by atoms with Crippen LogP contribution in [0.15, 0.2) is 22.1 Å². The standard InChI is InChI=1S/C13H16BrN3S/c1-3-12-17-11(8-18-12)4-5-15-13-9(2)6-10(14)7-16-13/h6-8H,3-5H2,1-2H3,(H,15,16). The van der Waals surface area contributed by atoms with Gasteiger partial charge in [0.15, 0.2) is 0 Å². The third-order valence-corrected chi connectivity index (χ3v) is 4.10. The van der Waals surface area contributed by atoms with E-state index in [2.05, 4.69) is 56.5 Å². The highest BCUT2D eigenvalue weighted by atomic mass is 79.9. The van der Waals surface area contributed by atoms with E-state index in [1.807, 2.05) is 6.20 Å². The van der Waals surface area contributed by atoms with Crippen molar-refractivity contribution in [1.29, 1.82) is 0 Å². The van der Waals surface area contributed by atoms with Gasteiger partial charge < -0.3 is 5.32 Å². The molecular formula is C13H16BrN3S. The number of hydrogen-bond donors (Lipinski definition) is 1. The predicted octanol–water partition coefficient (Wildman–Crippen LogP) is 3.83. The summed E-state index contributed by atoms with van der Waals surface area (Å²) in [6.07, 6.45) is 3.77. The quantitative estimate of drug-likeness (QED) is 0.907. The van der Waals surface area contributed by atoms with Crippen molar-refractivity contribution in [3.63, 3.8) is 0 Å². The van der Waals surface area contributed by atoms with Gasteiger partial charge in [0.1, 0.15) is 5.82 Å². The Morgan fingerprint density at radius 2 is 2.28 bits per heavy atom. The molecule has 0 amide bonds. The Morgan fingerprint density at radius 1 is 1.44 bits per heavy atom. The molecular weight excluding hydrogens is 310 g/mol. The monoisotopic (exact) mass is 325 g/mol. The first-order chi connectivity index (χ1) is 8.69. The van der Waals surface area contributed by atoms with E-state index in [9.17, 15) is 0 Å². The molecule has 0 atom stereocenters. The summed E-state index contributed by atoms with van der Waals surface area (Å²) in [6.45, 7) is 5.05. The topological polar surface area (TPSA) is 37.8 Å². The molecule has 0 fully saturated rings. The molecule has 0 saturated heterocycles. The van der Waals surface area contributed by atoms with Gasteiger partial charge in [-0.3, -0.25) is 0 Å². The van der Waals surface area contributed by atoms with Crippen LogP contribution in [0, 0.1) is 6.92 Å². The summed E-state index contributed by atoms with van der Waals surface area (Å²) in [4.78, 5) is 8.90. The van der Waals surface area contributed by atoms with Crippen LogP contribution >= 0.6 is 27.3 Å². The Bertz CT molecular complexity index is 525. The van der Waals surface area contributed by atoms with E-state index < -0.39 is 0 Å². The molecule has 1 N–H and O–H groups in total. The number of pyridine rings is 1. The van der Waals surface area contributed by atoms with Crippen molar-refractivity contribution in [2.75, 3.05) is 11.9 Å². The van der Waals surface area contributed by atoms with Crippen LogP contribution in [0.5, 0.6) is 0 Å². The molecule has 0 radical (unpaired) electrons. The maximum Gasteiger partial charge on any atom is 0.128 e. The van der Waals surface area contributed by atoms with E-state index in [1.165, 1.54) is 10.7 Å². The van der Waals surface area contributed by atoms with Crippen molar-refractivity contribution in [1.82, 2.24) is 9.97 Å². The molecule has 3 nitrogen and oxygen atoms in total. The van der Waals surface area contributed by atoms with Crippen molar-refractivity contribution in [3.05, 3.63) is 38.4 Å². The van der Waals surface area contributed by atoms with Gasteiger partial charge in [-0.15, -0.1) is 11.3 Å². The highest BCUT2D eigenvalue weighted by molar-refractivity contribution is 9.10. The van der Waals surface area contributed by atoms with Gasteiger partial charge in [-0.25, -0.2) is 9.97 Å². The second-order valence-corrected chi connectivity index (χ2v) is 5.94. The zero-order valence-corrected chi connectivity index (χ0v) is 12.9. The lowest BCUT2D eigenvalue weighted by Crippen LogP contribution is -2.07. The number of aryl methyl sites for hydroxylation is 2. The minimum Gasteiger partial charge on any atom is -0.369 e. The van der Waals surface area contributed by atoms with E-state index in [1.54, 1.807) is 11.3 Å². The third kappa shape index (κ3) is 3.53. The van der Waals surface area contributed by atoms with Crippen molar-refractivity contribution in [2.45, 2.75) is 26.7 Å². The van der Waals surface area contributed by atoms with E-state index in [4.69, 9.17) is 0 Å². The lowest BCUT2D eigenvalue weighted by Gasteiger charge is -2.07. The molecule has 0 bridgehead atoms. The van der Waals surface area contributed by atoms with Gasteiger partial charge in [0.25, 0.3) is 0 Å². The zero-order chi connectivity index (χ0) is 13.0. The Hall–Kier alpha value is -0.940. The fourth-order valence-electron chi connectivity index (χ4n) is 1.66. The molecule has 2 aromatic heterocycles. The van der Waals surface area contributed by atoms with Gasteiger partial charge >= 0.3 is 0 Å². The molecule has 2 heterocycles. The lowest BCUT2D eigenvalue weighted by molar-refractivity contribution is 0.943. The van der Waals surface area contributed by atoms with Gasteiger partial charge in [-0.05, 0) is 40.9 Å². The molecule has 2 aromatic rings. The first-order valence-electron chi connectivity index (χ1n) is 5.98. The number of nitrogens with zero attached hydrogens (tertiary/aromatic N) is 2. The van der Waals surface area contributed by atoms with Crippen molar-refractivity contribution in [2.24, 2.45) is 0 Å². The largest absolute Gasteiger partial charge is 0.369 e. The first-order valence-corrected chi connectivity index (χ1v) is 7.65. The molecule has 2 rings (SSSR count). The van der Waals surface area contributed by atoms with Crippen molar-refractivity contribution in [3.8, 4) is 0 Å². The number of halogens is 1. The van der Waals surface area contributed by atoms with Crippen LogP contribution < -0.4 is 5.32 Å². The Morgan fingerprint density at radius 3 is 2.94 bits per heavy atom. The Kier molecular flexibility index (Phi) is 4.72. The summed E-state index contributed by atoms with van der Waals surface area (Å²) in [6, 6.07) is 2.06. The SMILES string of the molecule is CCc1nc(CCNc2ncc(Br)cc2C)cs1. The fraction of sp³-hybridized carbons (Fsp3) is 0.385. The average Bonchev–Trinajstić information content (AvgIpc) is 2.80. The van der Waals surface area contributed by atoms with Crippen LogP contribution in [-0.2, 0) is 12.8 Å². The zero-order valence-electron chi connectivity index (χ0n) is 10.5. The van der Waals surface area contributed by atoms with E-state index in [0.717, 1.165) is 35.2 Å². The molecule has 0 spiro atoms. The van der Waals surface area contributed by atoms with Gasteiger partial charge in [0.2, 0.25) is 0 Å². The summed E-state index contributed by atoms with van der Waals surface area (Å²) >= 11 is 5.15. The van der Waals surface area contributed by atoms with Crippen LogP contribution in [0.2, 0.25) is 0 Å². The molecule has 0 aliphatic carbocycles. The van der Waals surface area contributed by atoms with Gasteiger partial charge in [0, 0.05) is 29.0 Å². The van der Waals surface area contributed by atoms with Crippen LogP contribution in [0.4, 0.5) is 5.82 Å². The van der Waals surface area contributed by atoms with Gasteiger partial charge in [-0.2, -0.15) is 0 Å². The van der Waals surface area contributed by atoms with E-state index >= 15 is 0 Å². The molecule has 5 heteroatoms. The fourth-order valence-corrected chi connectivity index (χ4v) is 2.89. The number of nitrogens with one attached hydrogen (secondary N) is 1. The molecule has 0 aromatic carbocycles. The molecule has 0 saturated carbocycles. The van der Waals surface area contributed by atoms with Crippen molar-refractivity contribution >= 4 is 33.1 Å². The maximum atomic E-state index is 4.55. The van der Waals surface area contributed by atoms with Crippen LogP contribution in [0.25, 0.3) is 0 Å². The summed E-state index contributed by atoms with van der Waals surface area (Å²) in [5, 5.41) is 6.70.